The molecule has 2 aromatic rings. The standard InChI is InChI=1S/C16H12Cl2FNO3/c1-9(21)12-6-10(17)2-5-15(12)23-8-16(22)20-11-3-4-14(19)13(18)7-11/h2-7H,8H2,1H3,(H,20,22). The molecule has 0 aromatic heterocycles. The summed E-state index contributed by atoms with van der Waals surface area (Å²) < 4.78 is 18.4. The summed E-state index contributed by atoms with van der Waals surface area (Å²) in [5.74, 6) is -1.02. The molecule has 0 bridgehead atoms. The predicted octanol–water partition coefficient (Wildman–Crippen LogP) is 4.35. The molecular weight excluding hydrogens is 344 g/mol. The van der Waals surface area contributed by atoms with Crippen molar-refractivity contribution >= 4 is 40.6 Å². The third-order valence-electron chi connectivity index (χ3n) is 2.88. The first kappa shape index (κ1) is 17.2. The zero-order chi connectivity index (χ0) is 17.0. The molecule has 0 unspecified atom stereocenters. The van der Waals surface area contributed by atoms with E-state index in [1.165, 1.54) is 31.2 Å². The number of carbonyl (C=O) groups excluding carboxylic acids is 2. The smallest absolute Gasteiger partial charge is 0.262 e. The molecule has 2 rings (SSSR count). The number of hydrogen-bond acceptors (Lipinski definition) is 3. The van der Waals surface area contributed by atoms with Crippen LogP contribution in [0.4, 0.5) is 10.1 Å². The van der Waals surface area contributed by atoms with Gasteiger partial charge in [0.2, 0.25) is 0 Å². The third kappa shape index (κ3) is 4.68. The number of ketones is 1. The van der Waals surface area contributed by atoms with Gasteiger partial charge in [-0.05, 0) is 43.3 Å². The molecule has 7 heteroatoms. The van der Waals surface area contributed by atoms with Crippen molar-refractivity contribution in [2.45, 2.75) is 6.92 Å². The SMILES string of the molecule is CC(=O)c1cc(Cl)ccc1OCC(=O)Nc1ccc(F)c(Cl)c1. The number of amides is 1. The van der Waals surface area contributed by atoms with Crippen molar-refractivity contribution < 1.29 is 18.7 Å². The van der Waals surface area contributed by atoms with Crippen molar-refractivity contribution in [1.29, 1.82) is 0 Å². The van der Waals surface area contributed by atoms with Crippen LogP contribution in [-0.2, 0) is 4.79 Å². The summed E-state index contributed by atoms with van der Waals surface area (Å²) in [4.78, 5) is 23.4. The molecule has 0 saturated carbocycles. The topological polar surface area (TPSA) is 55.4 Å². The lowest BCUT2D eigenvalue weighted by Gasteiger charge is -2.11. The number of halogens is 3. The maximum Gasteiger partial charge on any atom is 0.262 e. The molecule has 0 radical (unpaired) electrons. The van der Waals surface area contributed by atoms with Crippen LogP contribution < -0.4 is 10.1 Å². The molecule has 0 heterocycles. The predicted molar refractivity (Wildman–Crippen MR) is 87.0 cm³/mol. The summed E-state index contributed by atoms with van der Waals surface area (Å²) >= 11 is 11.5. The van der Waals surface area contributed by atoms with Crippen LogP contribution in [0, 0.1) is 5.82 Å². The Hall–Kier alpha value is -2.11. The highest BCUT2D eigenvalue weighted by atomic mass is 35.5. The van der Waals surface area contributed by atoms with Crippen molar-refractivity contribution in [2.24, 2.45) is 0 Å². The van der Waals surface area contributed by atoms with Gasteiger partial charge in [0, 0.05) is 10.7 Å². The number of nitrogens with one attached hydrogen (secondary N) is 1. The summed E-state index contributed by atoms with van der Waals surface area (Å²) in [7, 11) is 0. The Bertz CT molecular complexity index is 765. The van der Waals surface area contributed by atoms with E-state index in [9.17, 15) is 14.0 Å². The van der Waals surface area contributed by atoms with E-state index < -0.39 is 11.7 Å². The second-order valence-electron chi connectivity index (χ2n) is 4.66. The van der Waals surface area contributed by atoms with Gasteiger partial charge in [0.25, 0.3) is 5.91 Å². The first-order chi connectivity index (χ1) is 10.9. The fourth-order valence-corrected chi connectivity index (χ4v) is 2.17. The van der Waals surface area contributed by atoms with E-state index >= 15 is 0 Å². The summed E-state index contributed by atoms with van der Waals surface area (Å²) in [5.41, 5.74) is 0.628. The Morgan fingerprint density at radius 3 is 2.57 bits per heavy atom. The first-order valence-corrected chi connectivity index (χ1v) is 7.30. The highest BCUT2D eigenvalue weighted by molar-refractivity contribution is 6.31. The minimum absolute atomic E-state index is 0.0970. The summed E-state index contributed by atoms with van der Waals surface area (Å²) in [6.07, 6.45) is 0. The monoisotopic (exact) mass is 355 g/mol. The van der Waals surface area contributed by atoms with Crippen molar-refractivity contribution in [3.8, 4) is 5.75 Å². The lowest BCUT2D eigenvalue weighted by molar-refractivity contribution is -0.118. The Labute approximate surface area is 142 Å². The molecule has 0 aliphatic heterocycles. The van der Waals surface area contributed by atoms with E-state index in [0.29, 0.717) is 10.7 Å². The van der Waals surface area contributed by atoms with Gasteiger partial charge in [-0.1, -0.05) is 23.2 Å². The normalized spacial score (nSPS) is 10.3. The zero-order valence-electron chi connectivity index (χ0n) is 12.0. The minimum atomic E-state index is -0.576. The molecule has 0 spiro atoms. The number of rotatable bonds is 5. The highest BCUT2D eigenvalue weighted by Gasteiger charge is 2.12. The molecule has 0 atom stereocenters. The largest absolute Gasteiger partial charge is 0.483 e. The highest BCUT2D eigenvalue weighted by Crippen LogP contribution is 2.23. The first-order valence-electron chi connectivity index (χ1n) is 6.55. The minimum Gasteiger partial charge on any atom is -0.483 e. The zero-order valence-corrected chi connectivity index (χ0v) is 13.5. The van der Waals surface area contributed by atoms with Crippen LogP contribution in [0.15, 0.2) is 36.4 Å². The van der Waals surface area contributed by atoms with Gasteiger partial charge in [-0.3, -0.25) is 9.59 Å². The van der Waals surface area contributed by atoms with Crippen LogP contribution in [-0.4, -0.2) is 18.3 Å². The lowest BCUT2D eigenvalue weighted by atomic mass is 10.1. The maximum atomic E-state index is 13.0. The fourth-order valence-electron chi connectivity index (χ4n) is 1.82. The fraction of sp³-hybridized carbons (Fsp3) is 0.125. The van der Waals surface area contributed by atoms with Crippen LogP contribution in [0.5, 0.6) is 5.75 Å². The van der Waals surface area contributed by atoms with Crippen LogP contribution >= 0.6 is 23.2 Å². The van der Waals surface area contributed by atoms with Gasteiger partial charge in [0.1, 0.15) is 11.6 Å². The van der Waals surface area contributed by atoms with Gasteiger partial charge in [-0.25, -0.2) is 4.39 Å². The molecule has 23 heavy (non-hydrogen) atoms. The quantitative estimate of drug-likeness (QED) is 0.811. The Morgan fingerprint density at radius 2 is 1.91 bits per heavy atom. The molecule has 0 fully saturated rings. The van der Waals surface area contributed by atoms with Gasteiger partial charge in [-0.2, -0.15) is 0 Å². The number of hydrogen-bond donors (Lipinski definition) is 1. The van der Waals surface area contributed by atoms with Crippen LogP contribution in [0.1, 0.15) is 17.3 Å². The average molecular weight is 356 g/mol. The van der Waals surface area contributed by atoms with E-state index in [1.54, 1.807) is 6.07 Å². The Morgan fingerprint density at radius 1 is 1.17 bits per heavy atom. The van der Waals surface area contributed by atoms with Gasteiger partial charge in [-0.15, -0.1) is 0 Å². The Balaban J connectivity index is 2.02. The van der Waals surface area contributed by atoms with Gasteiger partial charge in [0.15, 0.2) is 12.4 Å². The number of anilines is 1. The second-order valence-corrected chi connectivity index (χ2v) is 5.51. The maximum absolute atomic E-state index is 13.0. The molecule has 4 nitrogen and oxygen atoms in total. The van der Waals surface area contributed by atoms with Gasteiger partial charge in [0.05, 0.1) is 10.6 Å². The second kappa shape index (κ2) is 7.44. The summed E-state index contributed by atoms with van der Waals surface area (Å²) in [6, 6.07) is 8.35. The average Bonchev–Trinajstić information content (AvgIpc) is 2.49. The number of Topliss-reactive ketones (excluding diaryl/α,β-unsaturated/α-hetero) is 1. The molecule has 1 N–H and O–H groups in total. The molecule has 0 saturated heterocycles. The third-order valence-corrected chi connectivity index (χ3v) is 3.41. The van der Waals surface area contributed by atoms with Crippen molar-refractivity contribution in [1.82, 2.24) is 0 Å². The van der Waals surface area contributed by atoms with E-state index in [4.69, 9.17) is 27.9 Å². The van der Waals surface area contributed by atoms with Crippen LogP contribution in [0.3, 0.4) is 0 Å². The lowest BCUT2D eigenvalue weighted by Crippen LogP contribution is -2.20. The van der Waals surface area contributed by atoms with E-state index in [1.807, 2.05) is 0 Å². The molecule has 1 amide bonds. The molecule has 0 aliphatic carbocycles. The van der Waals surface area contributed by atoms with Crippen molar-refractivity contribution in [3.05, 3.63) is 57.8 Å². The number of ether oxygens (including phenoxy) is 1. The van der Waals surface area contributed by atoms with Crippen LogP contribution in [0.2, 0.25) is 10.0 Å². The van der Waals surface area contributed by atoms with Gasteiger partial charge >= 0.3 is 0 Å². The van der Waals surface area contributed by atoms with Crippen LogP contribution in [0.25, 0.3) is 0 Å². The van der Waals surface area contributed by atoms with E-state index in [2.05, 4.69) is 5.32 Å². The number of carbonyl (C=O) groups is 2. The molecule has 0 aliphatic rings. The molecule has 2 aromatic carbocycles. The summed E-state index contributed by atoms with van der Waals surface area (Å²) in [5, 5.41) is 2.81. The van der Waals surface area contributed by atoms with Gasteiger partial charge < -0.3 is 10.1 Å². The van der Waals surface area contributed by atoms with E-state index in [-0.39, 0.29) is 28.7 Å². The van der Waals surface area contributed by atoms with Crippen molar-refractivity contribution in [3.63, 3.8) is 0 Å². The van der Waals surface area contributed by atoms with Crippen molar-refractivity contribution in [2.75, 3.05) is 11.9 Å². The molecular formula is C16H12Cl2FNO3. The van der Waals surface area contributed by atoms with E-state index in [0.717, 1.165) is 6.07 Å². The molecule has 120 valence electrons. The number of benzene rings is 2. The summed E-state index contributed by atoms with van der Waals surface area (Å²) in [6.45, 7) is 1.05. The Kier molecular flexibility index (Phi) is 5.58.